The van der Waals surface area contributed by atoms with E-state index >= 15 is 0 Å². The summed E-state index contributed by atoms with van der Waals surface area (Å²) in [5.41, 5.74) is 1.56. The maximum absolute atomic E-state index is 2.42. The van der Waals surface area contributed by atoms with Crippen LogP contribution in [0.4, 0.5) is 0 Å². The molecule has 0 N–H and O–H groups in total. The number of hydrogen-bond acceptors (Lipinski definition) is 1. The topological polar surface area (TPSA) is 3.24 Å². The van der Waals surface area contributed by atoms with Gasteiger partial charge in [-0.3, -0.25) is 0 Å². The molecule has 1 heteroatoms. The molecule has 3 aliphatic carbocycles. The van der Waals surface area contributed by atoms with Gasteiger partial charge in [-0.05, 0) is 44.2 Å². The molecule has 0 atom stereocenters. The van der Waals surface area contributed by atoms with Crippen LogP contribution in [0.5, 0.6) is 0 Å². The summed E-state index contributed by atoms with van der Waals surface area (Å²) >= 11 is 0. The van der Waals surface area contributed by atoms with E-state index in [1.807, 2.05) is 0 Å². The molecule has 0 heterocycles. The summed E-state index contributed by atoms with van der Waals surface area (Å²) in [6.45, 7) is 3.74. The van der Waals surface area contributed by atoms with E-state index in [4.69, 9.17) is 0 Å². The predicted octanol–water partition coefficient (Wildman–Crippen LogP) is 1.74. The highest BCUT2D eigenvalue weighted by Gasteiger charge is 2.64. The van der Waals surface area contributed by atoms with E-state index in [2.05, 4.69) is 25.9 Å². The van der Waals surface area contributed by atoms with Crippen molar-refractivity contribution in [2.75, 3.05) is 20.6 Å². The van der Waals surface area contributed by atoms with E-state index in [0.29, 0.717) is 0 Å². The molecule has 58 valence electrons. The maximum atomic E-state index is 2.42. The molecular weight excluding hydrogens is 122 g/mol. The second kappa shape index (κ2) is 1.58. The van der Waals surface area contributed by atoms with Crippen molar-refractivity contribution in [1.82, 2.24) is 4.90 Å². The highest BCUT2D eigenvalue weighted by molar-refractivity contribution is 5.15. The molecular formula is C9H17N. The van der Waals surface area contributed by atoms with Crippen LogP contribution in [0.3, 0.4) is 0 Å². The Balaban J connectivity index is 1.87. The zero-order valence-corrected chi connectivity index (χ0v) is 7.28. The van der Waals surface area contributed by atoms with Crippen LogP contribution in [0.1, 0.15) is 26.2 Å². The average Bonchev–Trinajstić information content (AvgIpc) is 1.56. The lowest BCUT2D eigenvalue weighted by Crippen LogP contribution is -2.63. The third kappa shape index (κ3) is 0.731. The zero-order valence-electron chi connectivity index (χ0n) is 7.28. The maximum Gasteiger partial charge on any atom is 0.00325 e. The number of nitrogens with zero attached hydrogens (tertiary/aromatic N) is 1. The highest BCUT2D eigenvalue weighted by atomic mass is 15.1. The number of rotatable bonds is 2. The molecule has 0 aliphatic heterocycles. The predicted molar refractivity (Wildman–Crippen MR) is 42.9 cm³/mol. The molecule has 0 radical (unpaired) electrons. The Morgan fingerprint density at radius 3 is 2.00 bits per heavy atom. The summed E-state index contributed by atoms with van der Waals surface area (Å²) in [4.78, 5) is 2.33. The van der Waals surface area contributed by atoms with Gasteiger partial charge in [0.05, 0.1) is 0 Å². The van der Waals surface area contributed by atoms with Crippen LogP contribution in [-0.4, -0.2) is 25.5 Å². The van der Waals surface area contributed by atoms with Gasteiger partial charge >= 0.3 is 0 Å². The first-order chi connectivity index (χ1) is 4.54. The summed E-state index contributed by atoms with van der Waals surface area (Å²) in [6.07, 6.45) is 4.49. The minimum Gasteiger partial charge on any atom is -0.309 e. The van der Waals surface area contributed by atoms with Crippen molar-refractivity contribution in [2.45, 2.75) is 26.2 Å². The average molecular weight is 139 g/mol. The smallest absolute Gasteiger partial charge is 0.00325 e. The molecule has 2 bridgehead atoms. The monoisotopic (exact) mass is 139 g/mol. The van der Waals surface area contributed by atoms with Crippen LogP contribution in [0.25, 0.3) is 0 Å². The Hall–Kier alpha value is -0.0400. The molecule has 0 saturated heterocycles. The van der Waals surface area contributed by atoms with E-state index < -0.39 is 0 Å². The Morgan fingerprint density at radius 2 is 1.70 bits per heavy atom. The van der Waals surface area contributed by atoms with Crippen molar-refractivity contribution in [3.8, 4) is 0 Å². The summed E-state index contributed by atoms with van der Waals surface area (Å²) in [5, 5.41) is 0. The first kappa shape index (κ1) is 6.66. The first-order valence-corrected chi connectivity index (χ1v) is 4.19. The van der Waals surface area contributed by atoms with Crippen molar-refractivity contribution in [3.05, 3.63) is 0 Å². The Labute approximate surface area is 63.4 Å². The number of hydrogen-bond donors (Lipinski definition) is 0. The molecule has 0 aromatic heterocycles. The zero-order chi connectivity index (χ0) is 7.41. The Morgan fingerprint density at radius 1 is 1.20 bits per heavy atom. The molecule has 0 aromatic rings. The highest BCUT2D eigenvalue weighted by Crippen LogP contribution is 2.73. The van der Waals surface area contributed by atoms with Gasteiger partial charge in [-0.15, -0.1) is 0 Å². The SMILES string of the molecule is CN(C)CC12CC(C)(C1)C2. The van der Waals surface area contributed by atoms with Gasteiger partial charge < -0.3 is 4.90 Å². The molecule has 0 aromatic carbocycles. The van der Waals surface area contributed by atoms with Crippen molar-refractivity contribution in [1.29, 1.82) is 0 Å². The normalized spacial score (nSPS) is 50.4. The molecule has 3 rings (SSSR count). The molecule has 10 heavy (non-hydrogen) atoms. The van der Waals surface area contributed by atoms with Gasteiger partial charge in [-0.1, -0.05) is 6.92 Å². The van der Waals surface area contributed by atoms with Gasteiger partial charge in [0.1, 0.15) is 0 Å². The van der Waals surface area contributed by atoms with Gasteiger partial charge in [0.15, 0.2) is 0 Å². The lowest BCUT2D eigenvalue weighted by molar-refractivity contribution is -0.197. The van der Waals surface area contributed by atoms with Crippen LogP contribution >= 0.6 is 0 Å². The second-order valence-electron chi connectivity index (χ2n) is 5.08. The van der Waals surface area contributed by atoms with Gasteiger partial charge in [-0.25, -0.2) is 0 Å². The van der Waals surface area contributed by atoms with Crippen molar-refractivity contribution < 1.29 is 0 Å². The fourth-order valence-electron chi connectivity index (χ4n) is 3.40. The van der Waals surface area contributed by atoms with Gasteiger partial charge in [0.2, 0.25) is 0 Å². The summed E-state index contributed by atoms with van der Waals surface area (Å²) in [7, 11) is 4.37. The van der Waals surface area contributed by atoms with Crippen molar-refractivity contribution in [3.63, 3.8) is 0 Å². The standard InChI is InChI=1S/C9H17N/c1-8-4-9(5-8,6-8)7-10(2)3/h4-7H2,1-3H3. The Kier molecular flexibility index (Phi) is 1.05. The summed E-state index contributed by atoms with van der Waals surface area (Å²) < 4.78 is 0. The van der Waals surface area contributed by atoms with Crippen LogP contribution in [0, 0.1) is 10.8 Å². The largest absolute Gasteiger partial charge is 0.309 e. The lowest BCUT2D eigenvalue weighted by Gasteiger charge is -2.70. The van der Waals surface area contributed by atoms with Crippen LogP contribution in [0.2, 0.25) is 0 Å². The minimum absolute atomic E-state index is 0.776. The molecule has 1 nitrogen and oxygen atoms in total. The van der Waals surface area contributed by atoms with Gasteiger partial charge in [-0.2, -0.15) is 0 Å². The quantitative estimate of drug-likeness (QED) is 0.563. The van der Waals surface area contributed by atoms with Gasteiger partial charge in [0, 0.05) is 6.54 Å². The molecule has 3 saturated carbocycles. The van der Waals surface area contributed by atoms with E-state index in [0.717, 1.165) is 10.8 Å². The van der Waals surface area contributed by atoms with E-state index in [1.165, 1.54) is 25.8 Å². The fourth-order valence-corrected chi connectivity index (χ4v) is 3.40. The van der Waals surface area contributed by atoms with Gasteiger partial charge in [0.25, 0.3) is 0 Å². The molecule has 3 fully saturated rings. The van der Waals surface area contributed by atoms with Crippen LogP contribution < -0.4 is 0 Å². The van der Waals surface area contributed by atoms with E-state index in [9.17, 15) is 0 Å². The molecule has 0 amide bonds. The third-order valence-electron chi connectivity index (χ3n) is 3.06. The fraction of sp³-hybridized carbons (Fsp3) is 1.00. The van der Waals surface area contributed by atoms with Crippen molar-refractivity contribution in [2.24, 2.45) is 10.8 Å². The minimum atomic E-state index is 0.776. The molecule has 0 spiro atoms. The van der Waals surface area contributed by atoms with E-state index in [1.54, 1.807) is 0 Å². The lowest BCUT2D eigenvalue weighted by atomic mass is 9.36. The third-order valence-corrected chi connectivity index (χ3v) is 3.06. The van der Waals surface area contributed by atoms with E-state index in [-0.39, 0.29) is 0 Å². The molecule has 3 aliphatic rings. The molecule has 0 unspecified atom stereocenters. The summed E-state index contributed by atoms with van der Waals surface area (Å²) in [6, 6.07) is 0. The van der Waals surface area contributed by atoms with Crippen molar-refractivity contribution >= 4 is 0 Å². The van der Waals surface area contributed by atoms with Crippen LogP contribution in [0.15, 0.2) is 0 Å². The second-order valence-corrected chi connectivity index (χ2v) is 5.08. The first-order valence-electron chi connectivity index (χ1n) is 4.19. The summed E-state index contributed by atoms with van der Waals surface area (Å²) in [5.74, 6) is 0. The Bertz CT molecular complexity index is 140. The van der Waals surface area contributed by atoms with Crippen LogP contribution in [-0.2, 0) is 0 Å².